The average Bonchev–Trinajstić information content (AvgIpc) is 3.47. The summed E-state index contributed by atoms with van der Waals surface area (Å²) < 4.78 is 31.4. The number of nitrogens with zero attached hydrogens (tertiary/aromatic N) is 4. The quantitative estimate of drug-likeness (QED) is 0.0752. The largest absolute Gasteiger partial charge is 0.478 e. The Hall–Kier alpha value is -8.90. The van der Waals surface area contributed by atoms with Crippen LogP contribution in [-0.2, 0) is 27.2 Å². The van der Waals surface area contributed by atoms with Crippen molar-refractivity contribution < 1.29 is 37.8 Å². The fourth-order valence-corrected chi connectivity index (χ4v) is 9.32. The Bertz CT molecular complexity index is 3120. The first kappa shape index (κ1) is 55.8. The van der Waals surface area contributed by atoms with Gasteiger partial charge in [-0.3, -0.25) is 9.59 Å². The number of benzene rings is 8. The van der Waals surface area contributed by atoms with Gasteiger partial charge in [0, 0.05) is 52.7 Å². The van der Waals surface area contributed by atoms with Crippen molar-refractivity contribution in [2.24, 2.45) is 0 Å². The van der Waals surface area contributed by atoms with E-state index in [2.05, 4.69) is 4.90 Å². The summed E-state index contributed by atoms with van der Waals surface area (Å²) in [7, 11) is 8.51. The van der Waals surface area contributed by atoms with Crippen molar-refractivity contribution in [2.45, 2.75) is 37.5 Å². The van der Waals surface area contributed by atoms with E-state index in [1.807, 2.05) is 152 Å². The van der Waals surface area contributed by atoms with Crippen LogP contribution >= 0.6 is 0 Å². The van der Waals surface area contributed by atoms with Crippen molar-refractivity contribution in [3.63, 3.8) is 0 Å². The van der Waals surface area contributed by atoms with Crippen molar-refractivity contribution in [3.8, 4) is 0 Å². The van der Waals surface area contributed by atoms with Crippen molar-refractivity contribution in [1.29, 1.82) is 0 Å². The average molecular weight is 1040 g/mol. The fourth-order valence-electron chi connectivity index (χ4n) is 9.32. The van der Waals surface area contributed by atoms with Gasteiger partial charge in [0.05, 0.1) is 41.4 Å². The number of carboxylic acid groups (broad SMARTS) is 1. The zero-order valence-electron chi connectivity index (χ0n) is 44.1. The molecule has 12 heteroatoms. The number of aryl methyl sites for hydroxylation is 2. The number of halogens is 2. The first-order chi connectivity index (χ1) is 37.2. The van der Waals surface area contributed by atoms with Crippen molar-refractivity contribution >= 4 is 46.5 Å². The van der Waals surface area contributed by atoms with E-state index >= 15 is 0 Å². The molecule has 0 saturated heterocycles. The maximum Gasteiger partial charge on any atom is 0.340 e. The lowest BCUT2D eigenvalue weighted by molar-refractivity contribution is -0.119. The lowest BCUT2D eigenvalue weighted by Gasteiger charge is -2.27. The van der Waals surface area contributed by atoms with Gasteiger partial charge in [0.2, 0.25) is 11.8 Å². The van der Waals surface area contributed by atoms with E-state index in [1.165, 1.54) is 41.2 Å². The molecule has 8 aromatic carbocycles. The maximum atomic E-state index is 14.0. The summed E-state index contributed by atoms with van der Waals surface area (Å²) in [5.74, 6) is -3.58. The normalized spacial score (nSPS) is 10.8. The van der Waals surface area contributed by atoms with Crippen molar-refractivity contribution in [1.82, 2.24) is 0 Å². The van der Waals surface area contributed by atoms with E-state index in [0.29, 0.717) is 23.5 Å². The number of carbonyl (C=O) groups is 4. The Morgan fingerprint density at radius 1 is 0.455 bits per heavy atom. The summed E-state index contributed by atoms with van der Waals surface area (Å²) in [4.78, 5) is 59.9. The molecule has 394 valence electrons. The lowest BCUT2D eigenvalue weighted by Crippen LogP contribution is -2.33. The molecule has 2 amide bonds. The zero-order valence-corrected chi connectivity index (χ0v) is 44.1. The minimum absolute atomic E-state index is 0.0589. The molecule has 0 radical (unpaired) electrons. The molecule has 8 aromatic rings. The van der Waals surface area contributed by atoms with Crippen LogP contribution in [0.2, 0.25) is 0 Å². The van der Waals surface area contributed by atoms with Crippen LogP contribution in [0.25, 0.3) is 0 Å². The highest BCUT2D eigenvalue weighted by Gasteiger charge is 2.31. The monoisotopic (exact) mass is 1030 g/mol. The van der Waals surface area contributed by atoms with Crippen molar-refractivity contribution in [2.75, 3.05) is 68.0 Å². The van der Waals surface area contributed by atoms with E-state index in [0.717, 1.165) is 77.0 Å². The van der Waals surface area contributed by atoms with Crippen LogP contribution in [0, 0.1) is 11.6 Å². The van der Waals surface area contributed by atoms with Crippen molar-refractivity contribution in [3.05, 3.63) is 262 Å². The fraction of sp³-hybridized carbons (Fsp3) is 0.200. The predicted octanol–water partition coefficient (Wildman–Crippen LogP) is 12.9. The highest BCUT2D eigenvalue weighted by atomic mass is 19.1. The zero-order chi connectivity index (χ0) is 54.8. The molecule has 8 rings (SSSR count). The van der Waals surface area contributed by atoms with Gasteiger partial charge in [-0.1, -0.05) is 146 Å². The SMILES string of the molecule is CN(CCCc1ccc(F)cc1)c1ccc(N(C)C(=O)C(c2ccccc2)c2ccccc2)c(C(=O)O)c1.COC(=O)c1cc(N(C)CCCc2ccc(F)cc2)ccc1N(C)C(=O)C(c1ccccc1)c1ccccc1. The van der Waals surface area contributed by atoms with Gasteiger partial charge in [-0.25, -0.2) is 18.4 Å². The highest BCUT2D eigenvalue weighted by molar-refractivity contribution is 6.07. The van der Waals surface area contributed by atoms with Gasteiger partial charge in [0.25, 0.3) is 0 Å². The smallest absolute Gasteiger partial charge is 0.340 e. The second-order valence-corrected chi connectivity index (χ2v) is 18.8. The first-order valence-electron chi connectivity index (χ1n) is 25.5. The molecule has 77 heavy (non-hydrogen) atoms. The van der Waals surface area contributed by atoms with Gasteiger partial charge in [-0.05, 0) is 120 Å². The molecule has 0 saturated carbocycles. The summed E-state index contributed by atoms with van der Waals surface area (Å²) in [6, 6.07) is 61.9. The number of rotatable bonds is 20. The molecular weight excluding hydrogens is 971 g/mol. The molecule has 0 fully saturated rings. The second-order valence-electron chi connectivity index (χ2n) is 18.8. The van der Waals surface area contributed by atoms with Crippen LogP contribution in [0.1, 0.15) is 78.8 Å². The number of aromatic carboxylic acids is 1. The molecular formula is C65H64F2N4O6. The number of hydrogen-bond acceptors (Lipinski definition) is 7. The summed E-state index contributed by atoms with van der Waals surface area (Å²) in [5, 5.41) is 10.0. The Balaban J connectivity index is 0.000000224. The van der Waals surface area contributed by atoms with Crippen LogP contribution < -0.4 is 19.6 Å². The van der Waals surface area contributed by atoms with Crippen LogP contribution in [0.5, 0.6) is 0 Å². The Morgan fingerprint density at radius 2 is 0.779 bits per heavy atom. The molecule has 0 aliphatic heterocycles. The third kappa shape index (κ3) is 14.7. The number of hydrogen-bond donors (Lipinski definition) is 1. The predicted molar refractivity (Wildman–Crippen MR) is 303 cm³/mol. The van der Waals surface area contributed by atoms with E-state index in [4.69, 9.17) is 4.74 Å². The summed E-state index contributed by atoms with van der Waals surface area (Å²) >= 11 is 0. The Morgan fingerprint density at radius 3 is 1.10 bits per heavy atom. The number of carbonyl (C=O) groups excluding carboxylic acids is 3. The maximum absolute atomic E-state index is 14.0. The van der Waals surface area contributed by atoms with E-state index in [1.54, 1.807) is 62.6 Å². The van der Waals surface area contributed by atoms with Gasteiger partial charge in [-0.15, -0.1) is 0 Å². The number of likely N-dealkylation sites (N-methyl/N-ethyl adjacent to an activating group) is 2. The molecule has 0 bridgehead atoms. The molecule has 0 aromatic heterocycles. The molecule has 0 aliphatic rings. The number of amides is 2. The van der Waals surface area contributed by atoms with Gasteiger partial charge >= 0.3 is 11.9 Å². The van der Waals surface area contributed by atoms with E-state index < -0.39 is 23.8 Å². The van der Waals surface area contributed by atoms with Gasteiger partial charge in [-0.2, -0.15) is 0 Å². The topological polar surface area (TPSA) is 111 Å². The molecule has 1 N–H and O–H groups in total. The minimum atomic E-state index is -1.10. The second kappa shape index (κ2) is 27.1. The van der Waals surface area contributed by atoms with Gasteiger partial charge < -0.3 is 29.4 Å². The molecule has 0 atom stereocenters. The van der Waals surface area contributed by atoms with Crippen LogP contribution in [-0.4, -0.2) is 77.2 Å². The Labute approximate surface area is 450 Å². The van der Waals surface area contributed by atoms with Crippen LogP contribution in [0.3, 0.4) is 0 Å². The highest BCUT2D eigenvalue weighted by Crippen LogP contribution is 2.34. The molecule has 0 aliphatic carbocycles. The standard InChI is InChI=1S/C33H33FN2O3.C32H31FN2O3/c1-35(22-10-11-24-16-18-27(34)19-17-24)28-20-21-30(29(23-28)33(38)39-3)36(2)32(37)31(25-12-6-4-7-13-25)26-14-8-5-9-15-26;1-34(21-9-10-23-15-17-26(33)18-16-23)27-19-20-29(28(22-27)32(37)38)35(2)31(36)30(24-11-5-3-6-12-24)25-13-7-4-8-14-25/h4-9,12-21,23,31H,10-11,22H2,1-3H3;3-8,11-20,22,30H,9-10,21H2,1-2H3,(H,37,38). The Kier molecular flexibility index (Phi) is 19.6. The number of anilines is 4. The summed E-state index contributed by atoms with van der Waals surface area (Å²) in [6.45, 7) is 1.42. The van der Waals surface area contributed by atoms with E-state index in [9.17, 15) is 33.1 Å². The van der Waals surface area contributed by atoms with E-state index in [-0.39, 0.29) is 29.0 Å². The first-order valence-corrected chi connectivity index (χ1v) is 25.5. The minimum Gasteiger partial charge on any atom is -0.478 e. The van der Waals surface area contributed by atoms with Crippen LogP contribution in [0.4, 0.5) is 31.5 Å². The molecule has 10 nitrogen and oxygen atoms in total. The molecule has 0 heterocycles. The number of methoxy groups -OCH3 is 1. The third-order valence-corrected chi connectivity index (χ3v) is 13.6. The molecule has 0 unspecified atom stereocenters. The summed E-state index contributed by atoms with van der Waals surface area (Å²) in [6.07, 6.45) is 3.27. The number of esters is 1. The van der Waals surface area contributed by atoms with Gasteiger partial charge in [0.15, 0.2) is 0 Å². The lowest BCUT2D eigenvalue weighted by atomic mass is 9.90. The van der Waals surface area contributed by atoms with Crippen LogP contribution in [0.15, 0.2) is 206 Å². The number of carboxylic acids is 1. The number of ether oxygens (including phenoxy) is 1. The third-order valence-electron chi connectivity index (χ3n) is 13.6. The molecule has 0 spiro atoms. The summed E-state index contributed by atoms with van der Waals surface area (Å²) in [5.41, 5.74) is 8.31. The van der Waals surface area contributed by atoms with Gasteiger partial charge in [0.1, 0.15) is 11.6 Å².